The Balaban J connectivity index is 2.08. The summed E-state index contributed by atoms with van der Waals surface area (Å²) in [5.74, 6) is 0. The van der Waals surface area contributed by atoms with E-state index < -0.39 is 0 Å². The Bertz CT molecular complexity index is 901. The molecule has 2 aromatic carbocycles. The maximum absolute atomic E-state index is 11.9. The van der Waals surface area contributed by atoms with Crippen LogP contribution in [0.4, 0.5) is 0 Å². The van der Waals surface area contributed by atoms with E-state index in [1.54, 1.807) is 0 Å². The zero-order chi connectivity index (χ0) is 15.5. The molecule has 0 radical (unpaired) electrons. The summed E-state index contributed by atoms with van der Waals surface area (Å²) in [6.07, 6.45) is 0. The second-order valence-electron chi connectivity index (χ2n) is 5.13. The molecule has 0 saturated heterocycles. The van der Waals surface area contributed by atoms with Crippen LogP contribution in [0.3, 0.4) is 0 Å². The molecule has 106 valence electrons. The van der Waals surface area contributed by atoms with Gasteiger partial charge in [0.15, 0.2) is 0 Å². The molecule has 0 saturated carbocycles. The average Bonchev–Trinajstić information content (AvgIpc) is 2.55. The molecule has 0 aliphatic carbocycles. The largest absolute Gasteiger partial charge is 0.325 e. The van der Waals surface area contributed by atoms with Crippen molar-refractivity contribution in [2.75, 3.05) is 0 Å². The second-order valence-corrected chi connectivity index (χ2v) is 5.13. The fourth-order valence-electron chi connectivity index (χ4n) is 2.50. The van der Waals surface area contributed by atoms with E-state index in [4.69, 9.17) is 0 Å². The predicted octanol–water partition coefficient (Wildman–Crippen LogP) is 3.89. The third kappa shape index (κ3) is 2.55. The Labute approximate surface area is 128 Å². The summed E-state index contributed by atoms with van der Waals surface area (Å²) in [6, 6.07) is 21.8. The van der Waals surface area contributed by atoms with Crippen molar-refractivity contribution in [2.24, 2.45) is 0 Å². The van der Waals surface area contributed by atoms with Gasteiger partial charge >= 0.3 is 0 Å². The van der Waals surface area contributed by atoms with Crippen molar-refractivity contribution in [1.82, 2.24) is 4.98 Å². The van der Waals surface area contributed by atoms with Crippen molar-refractivity contribution in [2.45, 2.75) is 6.92 Å². The van der Waals surface area contributed by atoms with Crippen molar-refractivity contribution in [3.63, 3.8) is 0 Å². The lowest BCUT2D eigenvalue weighted by Crippen LogP contribution is -2.12. The second kappa shape index (κ2) is 5.71. The zero-order valence-electron chi connectivity index (χ0n) is 12.1. The molecule has 0 bridgehead atoms. The van der Waals surface area contributed by atoms with E-state index in [2.05, 4.69) is 4.98 Å². The van der Waals surface area contributed by atoms with Gasteiger partial charge in [-0.2, -0.15) is 5.26 Å². The first-order chi connectivity index (χ1) is 10.7. The molecule has 0 amide bonds. The van der Waals surface area contributed by atoms with E-state index in [9.17, 15) is 10.1 Å². The normalized spacial score (nSPS) is 10.2. The van der Waals surface area contributed by atoms with Crippen LogP contribution in [0.25, 0.3) is 22.3 Å². The molecule has 1 heterocycles. The quantitative estimate of drug-likeness (QED) is 0.777. The lowest BCUT2D eigenvalue weighted by molar-refractivity contribution is 1.13. The summed E-state index contributed by atoms with van der Waals surface area (Å²) < 4.78 is 0. The predicted molar refractivity (Wildman–Crippen MR) is 87.4 cm³/mol. The molecule has 1 aromatic heterocycles. The van der Waals surface area contributed by atoms with Crippen LogP contribution in [-0.4, -0.2) is 4.98 Å². The summed E-state index contributed by atoms with van der Waals surface area (Å²) in [5, 5.41) is 9.21. The highest BCUT2D eigenvalue weighted by atomic mass is 16.1. The van der Waals surface area contributed by atoms with E-state index >= 15 is 0 Å². The summed E-state index contributed by atoms with van der Waals surface area (Å²) in [5.41, 5.74) is 4.32. The molecule has 22 heavy (non-hydrogen) atoms. The fraction of sp³-hybridized carbons (Fsp3) is 0.0526. The highest BCUT2D eigenvalue weighted by Crippen LogP contribution is 2.26. The number of nitrogens with one attached hydrogen (secondary N) is 1. The van der Waals surface area contributed by atoms with Gasteiger partial charge in [0.1, 0.15) is 11.6 Å². The number of nitrogens with zero attached hydrogens (tertiary/aromatic N) is 1. The van der Waals surface area contributed by atoms with Gasteiger partial charge in [0, 0.05) is 11.3 Å². The van der Waals surface area contributed by atoms with Crippen LogP contribution < -0.4 is 5.56 Å². The van der Waals surface area contributed by atoms with Gasteiger partial charge in [-0.15, -0.1) is 0 Å². The zero-order valence-corrected chi connectivity index (χ0v) is 12.1. The molecule has 0 aliphatic rings. The van der Waals surface area contributed by atoms with E-state index in [1.165, 1.54) is 0 Å². The Morgan fingerprint density at radius 2 is 1.50 bits per heavy atom. The number of aromatic amines is 1. The van der Waals surface area contributed by atoms with Gasteiger partial charge < -0.3 is 4.98 Å². The number of hydrogen-bond donors (Lipinski definition) is 1. The van der Waals surface area contributed by atoms with Crippen LogP contribution in [0, 0.1) is 18.3 Å². The van der Waals surface area contributed by atoms with Gasteiger partial charge in [-0.1, -0.05) is 54.6 Å². The number of aromatic nitrogens is 1. The molecule has 3 rings (SSSR count). The Morgan fingerprint density at radius 3 is 2.14 bits per heavy atom. The summed E-state index contributed by atoms with van der Waals surface area (Å²) >= 11 is 0. The number of benzene rings is 2. The smallest absolute Gasteiger partial charge is 0.266 e. The van der Waals surface area contributed by atoms with Crippen LogP contribution in [0.15, 0.2) is 65.5 Å². The molecule has 3 nitrogen and oxygen atoms in total. The number of pyridine rings is 1. The third-order valence-corrected chi connectivity index (χ3v) is 3.58. The maximum Gasteiger partial charge on any atom is 0.266 e. The highest BCUT2D eigenvalue weighted by molar-refractivity contribution is 5.73. The van der Waals surface area contributed by atoms with Gasteiger partial charge in [0.2, 0.25) is 0 Å². The van der Waals surface area contributed by atoms with Gasteiger partial charge in [-0.3, -0.25) is 4.79 Å². The average molecular weight is 286 g/mol. The van der Waals surface area contributed by atoms with Gasteiger partial charge in [0.05, 0.1) is 0 Å². The van der Waals surface area contributed by atoms with Crippen molar-refractivity contribution in [3.05, 3.63) is 82.3 Å². The first-order valence-corrected chi connectivity index (χ1v) is 6.99. The summed E-state index contributed by atoms with van der Waals surface area (Å²) in [4.78, 5) is 14.5. The van der Waals surface area contributed by atoms with Crippen LogP contribution in [-0.2, 0) is 0 Å². The Hall–Kier alpha value is -3.12. The van der Waals surface area contributed by atoms with Crippen LogP contribution in [0.1, 0.15) is 11.3 Å². The van der Waals surface area contributed by atoms with E-state index in [-0.39, 0.29) is 11.1 Å². The number of nitriles is 1. The van der Waals surface area contributed by atoms with Gasteiger partial charge in [-0.05, 0) is 29.7 Å². The lowest BCUT2D eigenvalue weighted by atomic mass is 9.98. The van der Waals surface area contributed by atoms with Crippen LogP contribution >= 0.6 is 0 Å². The monoisotopic (exact) mass is 286 g/mol. The molecule has 0 unspecified atom stereocenters. The third-order valence-electron chi connectivity index (χ3n) is 3.58. The van der Waals surface area contributed by atoms with Gasteiger partial charge in [-0.25, -0.2) is 0 Å². The van der Waals surface area contributed by atoms with E-state index in [0.717, 1.165) is 22.4 Å². The number of aryl methyl sites for hydroxylation is 1. The minimum atomic E-state index is -0.343. The van der Waals surface area contributed by atoms with Gasteiger partial charge in [0.25, 0.3) is 5.56 Å². The molecule has 1 N–H and O–H groups in total. The van der Waals surface area contributed by atoms with E-state index in [1.807, 2.05) is 73.7 Å². The fourth-order valence-corrected chi connectivity index (χ4v) is 2.50. The SMILES string of the molecule is Cc1cc(-c2ccc(-c3ccccc3)cc2)c(C#N)c(=O)[nH]1. The molecule has 0 atom stereocenters. The number of hydrogen-bond acceptors (Lipinski definition) is 2. The standard InChI is InChI=1S/C19H14N2O/c1-13-11-17(18(12-20)19(22)21-13)16-9-7-15(8-10-16)14-5-3-2-4-6-14/h2-11H,1H3,(H,21,22). The number of rotatable bonds is 2. The molecular weight excluding hydrogens is 272 g/mol. The van der Waals surface area contributed by atoms with Crippen molar-refractivity contribution < 1.29 is 0 Å². The van der Waals surface area contributed by atoms with Crippen molar-refractivity contribution >= 4 is 0 Å². The van der Waals surface area contributed by atoms with Crippen LogP contribution in [0.5, 0.6) is 0 Å². The maximum atomic E-state index is 11.9. The first kappa shape index (κ1) is 13.8. The Kier molecular flexibility index (Phi) is 3.59. The minimum absolute atomic E-state index is 0.151. The van der Waals surface area contributed by atoms with E-state index in [0.29, 0.717) is 5.56 Å². The van der Waals surface area contributed by atoms with Crippen LogP contribution in [0.2, 0.25) is 0 Å². The Morgan fingerprint density at radius 1 is 0.909 bits per heavy atom. The topological polar surface area (TPSA) is 56.6 Å². The number of H-pyrrole nitrogens is 1. The molecule has 0 aliphatic heterocycles. The first-order valence-electron chi connectivity index (χ1n) is 6.99. The molecule has 0 spiro atoms. The summed E-state index contributed by atoms with van der Waals surface area (Å²) in [7, 11) is 0. The minimum Gasteiger partial charge on any atom is -0.325 e. The summed E-state index contributed by atoms with van der Waals surface area (Å²) in [6.45, 7) is 1.81. The molecular formula is C19H14N2O. The van der Waals surface area contributed by atoms with Crippen molar-refractivity contribution in [1.29, 1.82) is 5.26 Å². The highest BCUT2D eigenvalue weighted by Gasteiger charge is 2.10. The molecule has 3 heteroatoms. The van der Waals surface area contributed by atoms with Crippen molar-refractivity contribution in [3.8, 4) is 28.3 Å². The molecule has 3 aromatic rings. The lowest BCUT2D eigenvalue weighted by Gasteiger charge is -2.07. The molecule has 0 fully saturated rings.